The van der Waals surface area contributed by atoms with E-state index in [1.807, 2.05) is 0 Å². The molecule has 2 heterocycles. The highest BCUT2D eigenvalue weighted by Gasteiger charge is 2.29. The minimum absolute atomic E-state index is 0.109. The van der Waals surface area contributed by atoms with Crippen LogP contribution >= 0.6 is 23.2 Å². The van der Waals surface area contributed by atoms with Crippen LogP contribution in [0.2, 0.25) is 10.0 Å². The number of halogens is 2. The second kappa shape index (κ2) is 10.3. The first-order chi connectivity index (χ1) is 13.8. The highest BCUT2D eigenvalue weighted by atomic mass is 35.5. The molecule has 6 nitrogen and oxygen atoms in total. The van der Waals surface area contributed by atoms with Crippen molar-refractivity contribution in [3.8, 4) is 0 Å². The summed E-state index contributed by atoms with van der Waals surface area (Å²) < 4.78 is 26.8. The van der Waals surface area contributed by atoms with E-state index in [1.165, 1.54) is 31.4 Å². The molecule has 0 aliphatic carbocycles. The third kappa shape index (κ3) is 6.43. The van der Waals surface area contributed by atoms with E-state index < -0.39 is 10.0 Å². The number of rotatable bonds is 7. The molecule has 2 saturated heterocycles. The van der Waals surface area contributed by atoms with Crippen molar-refractivity contribution in [3.63, 3.8) is 0 Å². The van der Waals surface area contributed by atoms with Crippen LogP contribution in [0.25, 0.3) is 0 Å². The minimum atomic E-state index is -3.36. The maximum Gasteiger partial charge on any atom is 0.232 e. The number of carbonyl (C=O) groups excluding carboxylic acids is 1. The lowest BCUT2D eigenvalue weighted by molar-refractivity contribution is 0.104. The largest absolute Gasteiger partial charge is 0.361 e. The van der Waals surface area contributed by atoms with Crippen molar-refractivity contribution >= 4 is 39.0 Å². The maximum atomic E-state index is 12.6. The minimum Gasteiger partial charge on any atom is -0.361 e. The molecule has 0 atom stereocenters. The average molecular weight is 460 g/mol. The standard InChI is InChI=1S/C20H27Cl2N3O3S/c21-18-6-5-17(15-19(18)22)20(26)7-12-24-13-14-25(29(27,28)16-24)11-4-10-23-8-2-1-3-9-23/h5-7,12,15H,1-4,8-11,13-14,16H2. The van der Waals surface area contributed by atoms with Gasteiger partial charge in [0.15, 0.2) is 5.78 Å². The van der Waals surface area contributed by atoms with E-state index in [9.17, 15) is 13.2 Å². The lowest BCUT2D eigenvalue weighted by Crippen LogP contribution is -2.48. The van der Waals surface area contributed by atoms with Gasteiger partial charge in [-0.2, -0.15) is 4.31 Å². The molecule has 2 aliphatic rings. The first-order valence-electron chi connectivity index (χ1n) is 9.97. The molecule has 160 valence electrons. The number of hydrogen-bond donors (Lipinski definition) is 0. The molecular weight excluding hydrogens is 433 g/mol. The zero-order valence-corrected chi connectivity index (χ0v) is 18.7. The van der Waals surface area contributed by atoms with Gasteiger partial charge in [-0.3, -0.25) is 4.79 Å². The summed E-state index contributed by atoms with van der Waals surface area (Å²) in [5.74, 6) is -0.355. The predicted octanol–water partition coefficient (Wildman–Crippen LogP) is 3.47. The van der Waals surface area contributed by atoms with E-state index in [4.69, 9.17) is 23.2 Å². The number of nitrogens with zero attached hydrogens (tertiary/aromatic N) is 3. The van der Waals surface area contributed by atoms with Crippen LogP contribution in [0.15, 0.2) is 30.5 Å². The molecule has 0 radical (unpaired) electrons. The van der Waals surface area contributed by atoms with Crippen LogP contribution in [0, 0.1) is 0 Å². The SMILES string of the molecule is O=C(C=CN1CCN(CCCN2CCCCC2)S(=O)(=O)C1)c1ccc(Cl)c(Cl)c1. The molecule has 0 N–H and O–H groups in total. The van der Waals surface area contributed by atoms with Crippen LogP contribution in [0.1, 0.15) is 36.0 Å². The zero-order chi connectivity index (χ0) is 20.9. The Labute approximate surface area is 183 Å². The number of piperidine rings is 1. The van der Waals surface area contributed by atoms with Crippen molar-refractivity contribution in [2.45, 2.75) is 25.7 Å². The third-order valence-electron chi connectivity index (χ3n) is 5.33. The molecule has 29 heavy (non-hydrogen) atoms. The van der Waals surface area contributed by atoms with Gasteiger partial charge >= 0.3 is 0 Å². The van der Waals surface area contributed by atoms with Crippen molar-refractivity contribution < 1.29 is 13.2 Å². The van der Waals surface area contributed by atoms with Gasteiger partial charge in [-0.15, -0.1) is 0 Å². The van der Waals surface area contributed by atoms with Gasteiger partial charge in [-0.25, -0.2) is 8.42 Å². The smallest absolute Gasteiger partial charge is 0.232 e. The fourth-order valence-corrected chi connectivity index (χ4v) is 5.54. The van der Waals surface area contributed by atoms with Gasteiger partial charge in [0, 0.05) is 37.5 Å². The van der Waals surface area contributed by atoms with Gasteiger partial charge in [-0.1, -0.05) is 29.6 Å². The van der Waals surface area contributed by atoms with Crippen molar-refractivity contribution in [1.29, 1.82) is 0 Å². The fraction of sp³-hybridized carbons (Fsp3) is 0.550. The fourth-order valence-electron chi connectivity index (χ4n) is 3.68. The molecule has 0 unspecified atom stereocenters. The summed E-state index contributed by atoms with van der Waals surface area (Å²) in [4.78, 5) is 16.4. The van der Waals surface area contributed by atoms with Gasteiger partial charge in [-0.05, 0) is 57.1 Å². The first kappa shape index (κ1) is 22.6. The van der Waals surface area contributed by atoms with E-state index in [-0.39, 0.29) is 11.7 Å². The Balaban J connectivity index is 1.49. The van der Waals surface area contributed by atoms with Gasteiger partial charge in [0.2, 0.25) is 10.0 Å². The number of sulfonamides is 1. The Morgan fingerprint density at radius 1 is 1.00 bits per heavy atom. The van der Waals surface area contributed by atoms with Gasteiger partial charge in [0.1, 0.15) is 5.88 Å². The molecule has 2 fully saturated rings. The molecule has 0 spiro atoms. The Morgan fingerprint density at radius 2 is 1.76 bits per heavy atom. The van der Waals surface area contributed by atoms with E-state index in [1.54, 1.807) is 27.5 Å². The summed E-state index contributed by atoms with van der Waals surface area (Å²) in [7, 11) is -3.36. The van der Waals surface area contributed by atoms with Crippen molar-refractivity contribution in [2.75, 3.05) is 45.1 Å². The lowest BCUT2D eigenvalue weighted by atomic mass is 10.1. The van der Waals surface area contributed by atoms with Crippen LogP contribution in [0.4, 0.5) is 0 Å². The highest BCUT2D eigenvalue weighted by molar-refractivity contribution is 7.89. The number of allylic oxidation sites excluding steroid dienone is 1. The summed E-state index contributed by atoms with van der Waals surface area (Å²) in [6.45, 7) is 4.75. The summed E-state index contributed by atoms with van der Waals surface area (Å²) in [6, 6.07) is 4.67. The van der Waals surface area contributed by atoms with Gasteiger partial charge in [0.25, 0.3) is 0 Å². The second-order valence-electron chi connectivity index (χ2n) is 7.52. The second-order valence-corrected chi connectivity index (χ2v) is 10.3. The normalized spacial score (nSPS) is 21.0. The maximum absolute atomic E-state index is 12.6. The van der Waals surface area contributed by atoms with Crippen LogP contribution in [-0.4, -0.2) is 73.5 Å². The molecule has 0 saturated carbocycles. The number of carbonyl (C=O) groups is 1. The van der Waals surface area contributed by atoms with Crippen LogP contribution < -0.4 is 0 Å². The Bertz CT molecular complexity index is 855. The zero-order valence-electron chi connectivity index (χ0n) is 16.4. The van der Waals surface area contributed by atoms with E-state index in [0.29, 0.717) is 35.2 Å². The molecular formula is C20H27Cl2N3O3S. The molecule has 0 aromatic heterocycles. The van der Waals surface area contributed by atoms with Gasteiger partial charge in [0.05, 0.1) is 10.0 Å². The Kier molecular flexibility index (Phi) is 7.99. The van der Waals surface area contributed by atoms with Crippen molar-refractivity contribution in [1.82, 2.24) is 14.1 Å². The quantitative estimate of drug-likeness (QED) is 0.461. The summed E-state index contributed by atoms with van der Waals surface area (Å²) in [5, 5.41) is 0.696. The third-order valence-corrected chi connectivity index (χ3v) is 7.88. The molecule has 0 bridgehead atoms. The number of likely N-dealkylation sites (tertiary alicyclic amines) is 1. The molecule has 3 rings (SSSR count). The van der Waals surface area contributed by atoms with E-state index in [2.05, 4.69) is 4.90 Å². The Morgan fingerprint density at radius 3 is 2.45 bits per heavy atom. The predicted molar refractivity (Wildman–Crippen MR) is 117 cm³/mol. The molecule has 1 aromatic rings. The monoisotopic (exact) mass is 459 g/mol. The van der Waals surface area contributed by atoms with Crippen molar-refractivity contribution in [2.24, 2.45) is 0 Å². The molecule has 1 aromatic carbocycles. The van der Waals surface area contributed by atoms with E-state index >= 15 is 0 Å². The van der Waals surface area contributed by atoms with Crippen LogP contribution in [-0.2, 0) is 10.0 Å². The summed E-state index contributed by atoms with van der Waals surface area (Å²) >= 11 is 11.8. The number of benzene rings is 1. The van der Waals surface area contributed by atoms with Crippen LogP contribution in [0.3, 0.4) is 0 Å². The van der Waals surface area contributed by atoms with Crippen LogP contribution in [0.5, 0.6) is 0 Å². The van der Waals surface area contributed by atoms with Crippen molar-refractivity contribution in [3.05, 3.63) is 46.1 Å². The van der Waals surface area contributed by atoms with E-state index in [0.717, 1.165) is 26.1 Å². The first-order valence-corrected chi connectivity index (χ1v) is 12.3. The highest BCUT2D eigenvalue weighted by Crippen LogP contribution is 2.23. The summed E-state index contributed by atoms with van der Waals surface area (Å²) in [5.41, 5.74) is 0.412. The molecule has 0 amide bonds. The average Bonchev–Trinajstić information content (AvgIpc) is 2.70. The Hall–Kier alpha value is -1.12. The molecule has 2 aliphatic heterocycles. The lowest BCUT2D eigenvalue weighted by Gasteiger charge is -2.34. The van der Waals surface area contributed by atoms with Gasteiger partial charge < -0.3 is 9.80 Å². The molecule has 9 heteroatoms. The number of hydrogen-bond acceptors (Lipinski definition) is 5. The summed E-state index contributed by atoms with van der Waals surface area (Å²) in [6.07, 6.45) is 7.56. The topological polar surface area (TPSA) is 60.9 Å². The number of ketones is 1.